The van der Waals surface area contributed by atoms with E-state index in [1.165, 1.54) is 21.7 Å². The summed E-state index contributed by atoms with van der Waals surface area (Å²) in [5.74, 6) is -2.57. The molecule has 0 spiro atoms. The molecule has 4 aliphatic rings. The van der Waals surface area contributed by atoms with Crippen molar-refractivity contribution in [3.63, 3.8) is 0 Å². The van der Waals surface area contributed by atoms with Crippen LogP contribution in [0.15, 0.2) is 12.7 Å². The van der Waals surface area contributed by atoms with Crippen molar-refractivity contribution in [3.05, 3.63) is 12.7 Å². The van der Waals surface area contributed by atoms with E-state index in [2.05, 4.69) is 41.7 Å². The normalized spacial score (nSPS) is 25.1. The molecule has 294 valence electrons. The Morgan fingerprint density at radius 2 is 1.62 bits per heavy atom. The second kappa shape index (κ2) is 17.0. The van der Waals surface area contributed by atoms with Gasteiger partial charge in [-0.15, -0.1) is 6.58 Å². The molecule has 15 heteroatoms. The van der Waals surface area contributed by atoms with E-state index in [1.54, 1.807) is 4.90 Å². The highest BCUT2D eigenvalue weighted by atomic mass is 32.2. The molecule has 2 saturated heterocycles. The minimum absolute atomic E-state index is 0.0495. The van der Waals surface area contributed by atoms with Crippen LogP contribution in [-0.4, -0.2) is 115 Å². The van der Waals surface area contributed by atoms with Gasteiger partial charge in [-0.3, -0.25) is 19.2 Å². The van der Waals surface area contributed by atoms with Crippen LogP contribution in [0.3, 0.4) is 0 Å². The number of carbonyl (C=O) groups is 5. The van der Waals surface area contributed by atoms with Crippen molar-refractivity contribution in [1.82, 2.24) is 34.8 Å². The fourth-order valence-corrected chi connectivity index (χ4v) is 9.86. The van der Waals surface area contributed by atoms with Crippen molar-refractivity contribution in [1.29, 1.82) is 0 Å². The van der Waals surface area contributed by atoms with Crippen LogP contribution in [0.5, 0.6) is 0 Å². The molecule has 2 aliphatic heterocycles. The zero-order valence-corrected chi connectivity index (χ0v) is 33.1. The van der Waals surface area contributed by atoms with Crippen molar-refractivity contribution in [2.75, 3.05) is 39.8 Å². The second-order valence-electron chi connectivity index (χ2n) is 16.9. The fourth-order valence-electron chi connectivity index (χ4n) is 8.41. The van der Waals surface area contributed by atoms with Crippen molar-refractivity contribution in [3.8, 4) is 0 Å². The molecule has 2 saturated carbocycles. The number of likely N-dealkylation sites (tertiary alicyclic amines) is 1. The lowest BCUT2D eigenvalue weighted by Crippen LogP contribution is -2.62. The Balaban J connectivity index is 1.54. The third-order valence-corrected chi connectivity index (χ3v) is 13.8. The van der Waals surface area contributed by atoms with Gasteiger partial charge in [0, 0.05) is 45.8 Å². The van der Waals surface area contributed by atoms with E-state index in [1.807, 2.05) is 27.7 Å². The lowest BCUT2D eigenvalue weighted by atomic mass is 9.83. The second-order valence-corrected chi connectivity index (χ2v) is 18.9. The highest BCUT2D eigenvalue weighted by molar-refractivity contribution is 7.86. The van der Waals surface area contributed by atoms with Gasteiger partial charge >= 0.3 is 6.03 Å². The number of piperidine rings is 1. The van der Waals surface area contributed by atoms with Gasteiger partial charge in [0.1, 0.15) is 12.1 Å². The topological polar surface area (TPSA) is 177 Å². The first kappa shape index (κ1) is 41.7. The van der Waals surface area contributed by atoms with Gasteiger partial charge in [0.15, 0.2) is 0 Å². The van der Waals surface area contributed by atoms with Crippen LogP contribution in [0.25, 0.3) is 0 Å². The monoisotopic (exact) mass is 749 g/mol. The Kier molecular flexibility index (Phi) is 13.6. The summed E-state index contributed by atoms with van der Waals surface area (Å²) < 4.78 is 29.3. The van der Waals surface area contributed by atoms with Gasteiger partial charge in [-0.25, -0.2) is 4.79 Å². The Morgan fingerprint density at radius 3 is 2.19 bits per heavy atom. The van der Waals surface area contributed by atoms with Crippen molar-refractivity contribution < 1.29 is 32.4 Å². The molecule has 4 N–H and O–H groups in total. The zero-order chi connectivity index (χ0) is 38.6. The van der Waals surface area contributed by atoms with E-state index < -0.39 is 63.4 Å². The van der Waals surface area contributed by atoms with Gasteiger partial charge in [-0.1, -0.05) is 73.3 Å². The number of hydrogen-bond acceptors (Lipinski definition) is 7. The number of hydrogen-bond donors (Lipinski definition) is 4. The number of amides is 5. The predicted molar refractivity (Wildman–Crippen MR) is 199 cm³/mol. The first-order chi connectivity index (χ1) is 24.4. The van der Waals surface area contributed by atoms with Gasteiger partial charge in [0.05, 0.1) is 6.04 Å². The molecule has 0 bridgehead atoms. The Labute approximate surface area is 310 Å². The Hall–Kier alpha value is -3.04. The quantitative estimate of drug-likeness (QED) is 0.139. The van der Waals surface area contributed by atoms with Gasteiger partial charge < -0.3 is 26.2 Å². The number of rotatable bonds is 16. The highest BCUT2D eigenvalue weighted by Gasteiger charge is 2.69. The molecule has 1 unspecified atom stereocenters. The van der Waals surface area contributed by atoms with Crippen LogP contribution in [0.1, 0.15) is 99.3 Å². The molecule has 4 fully saturated rings. The number of Topliss-reactive ketones (excluding diaryl/α,β-unsaturated/α-hetero) is 1. The summed E-state index contributed by atoms with van der Waals surface area (Å²) in [6, 6.07) is -3.95. The maximum Gasteiger partial charge on any atom is 0.315 e. The van der Waals surface area contributed by atoms with Crippen LogP contribution >= 0.6 is 0 Å². The number of nitrogens with zero attached hydrogens (tertiary/aromatic N) is 3. The van der Waals surface area contributed by atoms with Crippen LogP contribution in [0.2, 0.25) is 0 Å². The third-order valence-electron chi connectivity index (χ3n) is 11.9. The SMILES string of the molecule is C=CCNC(=O)C(=O)C(CCC)NC(=O)[C@@H]1[C@@H]2[C@H](CN1C(=O)[C@@H](NC(=O)N[C@H](CN(C)S(=O)(=O)N1CCCC1)C(C)(C)C)C1CCCCC1)C2(C)C. The highest BCUT2D eigenvalue weighted by Crippen LogP contribution is 2.65. The molecule has 2 heterocycles. The number of carbonyl (C=O) groups excluding carboxylic acids is 5. The molecule has 4 rings (SSSR count). The van der Waals surface area contributed by atoms with Crippen molar-refractivity contribution in [2.24, 2.45) is 28.6 Å². The molecule has 0 radical (unpaired) electrons. The number of nitrogens with one attached hydrogen (secondary N) is 4. The maximum atomic E-state index is 14.7. The average Bonchev–Trinajstić information content (AvgIpc) is 3.54. The summed E-state index contributed by atoms with van der Waals surface area (Å²) in [6.07, 6.45) is 8.26. The smallest absolute Gasteiger partial charge is 0.315 e. The summed E-state index contributed by atoms with van der Waals surface area (Å²) in [7, 11) is -2.17. The van der Waals surface area contributed by atoms with Gasteiger partial charge in [0.2, 0.25) is 17.6 Å². The summed E-state index contributed by atoms with van der Waals surface area (Å²) >= 11 is 0. The Morgan fingerprint density at radius 1 is 0.981 bits per heavy atom. The molecule has 14 nitrogen and oxygen atoms in total. The van der Waals surface area contributed by atoms with E-state index in [9.17, 15) is 32.4 Å². The number of fused-ring (bicyclic) bond motifs is 1. The summed E-state index contributed by atoms with van der Waals surface area (Å²) in [5, 5.41) is 11.3. The number of ketones is 1. The van der Waals surface area contributed by atoms with Crippen LogP contribution < -0.4 is 21.3 Å². The predicted octanol–water partition coefficient (Wildman–Crippen LogP) is 2.56. The van der Waals surface area contributed by atoms with Crippen LogP contribution in [-0.2, 0) is 29.4 Å². The average molecular weight is 750 g/mol. The summed E-state index contributed by atoms with van der Waals surface area (Å²) in [4.78, 5) is 69.8. The molecule has 2 aliphatic carbocycles. The lowest BCUT2D eigenvalue weighted by Gasteiger charge is -2.38. The molecule has 6 atom stereocenters. The first-order valence-electron chi connectivity index (χ1n) is 19.2. The van der Waals surface area contributed by atoms with E-state index in [0.29, 0.717) is 26.1 Å². The molecule has 0 aromatic heterocycles. The molecular weight excluding hydrogens is 687 g/mol. The summed E-state index contributed by atoms with van der Waals surface area (Å²) in [6.45, 7) is 16.8. The molecule has 5 amide bonds. The minimum atomic E-state index is -3.70. The van der Waals surface area contributed by atoms with Crippen LogP contribution in [0.4, 0.5) is 4.79 Å². The largest absolute Gasteiger partial charge is 0.346 e. The van der Waals surface area contributed by atoms with Crippen molar-refractivity contribution in [2.45, 2.75) is 123 Å². The Bertz CT molecular complexity index is 1450. The zero-order valence-electron chi connectivity index (χ0n) is 32.3. The standard InChI is InChI=1S/C37H63N7O7S/c1-9-16-26(31(45)33(47)38-19-10-2)39-32(46)30-28-25(37(28,6)7)22-44(30)34(48)29(24-17-12-11-13-18-24)41-35(49)40-27(36(3,4)5)23-42(8)52(50,51)43-20-14-15-21-43/h10,24-30H,2,9,11-23H2,1,3-8H3,(H,38,47)(H,39,46)(H2,40,41,49)/t25-,26?,27+,28-,29-,30-/m0/s1. The van der Waals surface area contributed by atoms with Gasteiger partial charge in [-0.2, -0.15) is 17.0 Å². The van der Waals surface area contributed by atoms with Crippen LogP contribution in [0, 0.1) is 28.6 Å². The van der Waals surface area contributed by atoms with E-state index in [4.69, 9.17) is 0 Å². The van der Waals surface area contributed by atoms with E-state index in [-0.39, 0.29) is 48.6 Å². The fraction of sp³-hybridized carbons (Fsp3) is 0.811. The van der Waals surface area contributed by atoms with Gasteiger partial charge in [0.25, 0.3) is 16.1 Å². The lowest BCUT2D eigenvalue weighted by molar-refractivity contribution is -0.144. The van der Waals surface area contributed by atoms with Crippen molar-refractivity contribution >= 4 is 39.7 Å². The minimum Gasteiger partial charge on any atom is -0.346 e. The molecule has 0 aromatic carbocycles. The molecule has 0 aromatic rings. The third kappa shape index (κ3) is 9.36. The van der Waals surface area contributed by atoms with E-state index in [0.717, 1.165) is 44.9 Å². The van der Waals surface area contributed by atoms with E-state index >= 15 is 0 Å². The maximum absolute atomic E-state index is 14.7. The molecular formula is C37H63N7O7S. The van der Waals surface area contributed by atoms with Gasteiger partial charge in [-0.05, 0) is 60.7 Å². The number of urea groups is 1. The number of likely N-dealkylation sites (N-methyl/N-ethyl adjacent to an activating group) is 1. The summed E-state index contributed by atoms with van der Waals surface area (Å²) in [5.41, 5.74) is -0.715. The molecule has 52 heavy (non-hydrogen) atoms. The first-order valence-corrected chi connectivity index (χ1v) is 20.6.